The van der Waals surface area contributed by atoms with E-state index in [1.165, 1.54) is 5.56 Å². The third kappa shape index (κ3) is 3.07. The first-order valence-electron chi connectivity index (χ1n) is 5.78. The lowest BCUT2D eigenvalue weighted by molar-refractivity contribution is 0.401. The molecule has 0 aliphatic heterocycles. The van der Waals surface area contributed by atoms with Crippen molar-refractivity contribution >= 4 is 11.3 Å². The Morgan fingerprint density at radius 2 is 1.94 bits per heavy atom. The number of rotatable bonds is 4. The van der Waals surface area contributed by atoms with E-state index in [1.807, 2.05) is 5.38 Å². The van der Waals surface area contributed by atoms with Gasteiger partial charge in [0.2, 0.25) is 5.88 Å². The van der Waals surface area contributed by atoms with Gasteiger partial charge < -0.3 is 4.74 Å². The second kappa shape index (κ2) is 5.32. The summed E-state index contributed by atoms with van der Waals surface area (Å²) >= 11 is 1.61. The molecular weight excluding hydrogens is 230 g/mol. The van der Waals surface area contributed by atoms with Crippen LogP contribution in [0.25, 0.3) is 10.6 Å². The molecule has 0 radical (unpaired) electrons. The van der Waals surface area contributed by atoms with Gasteiger partial charge in [0.25, 0.3) is 0 Å². The van der Waals surface area contributed by atoms with Crippen LogP contribution in [0.5, 0.6) is 5.88 Å². The zero-order chi connectivity index (χ0) is 12.3. The molecule has 17 heavy (non-hydrogen) atoms. The van der Waals surface area contributed by atoms with Gasteiger partial charge in [0.1, 0.15) is 5.01 Å². The van der Waals surface area contributed by atoms with Crippen LogP contribution in [0.15, 0.2) is 29.6 Å². The van der Waals surface area contributed by atoms with E-state index in [4.69, 9.17) is 4.74 Å². The van der Waals surface area contributed by atoms with Gasteiger partial charge in [0.15, 0.2) is 0 Å². The number of benzene rings is 1. The number of ether oxygens (including phenoxy) is 1. The van der Waals surface area contributed by atoms with E-state index in [0.29, 0.717) is 11.8 Å². The second-order valence-electron chi connectivity index (χ2n) is 4.49. The SMILES string of the molecule is COc1csc(-c2ccc(CC(C)C)cc2)n1. The van der Waals surface area contributed by atoms with Crippen molar-refractivity contribution in [2.45, 2.75) is 20.3 Å². The molecule has 2 rings (SSSR count). The summed E-state index contributed by atoms with van der Waals surface area (Å²) < 4.78 is 5.09. The Kier molecular flexibility index (Phi) is 3.79. The Hall–Kier alpha value is -1.35. The molecule has 0 N–H and O–H groups in total. The van der Waals surface area contributed by atoms with Crippen molar-refractivity contribution in [3.63, 3.8) is 0 Å². The molecule has 0 atom stereocenters. The number of hydrogen-bond donors (Lipinski definition) is 0. The van der Waals surface area contributed by atoms with E-state index in [0.717, 1.165) is 17.0 Å². The molecule has 0 amide bonds. The van der Waals surface area contributed by atoms with Crippen LogP contribution in [0.4, 0.5) is 0 Å². The molecule has 2 aromatic rings. The molecule has 0 aliphatic rings. The van der Waals surface area contributed by atoms with E-state index in [-0.39, 0.29) is 0 Å². The van der Waals surface area contributed by atoms with Crippen molar-refractivity contribution in [2.75, 3.05) is 7.11 Å². The third-order valence-corrected chi connectivity index (χ3v) is 3.41. The lowest BCUT2D eigenvalue weighted by Crippen LogP contribution is -1.93. The van der Waals surface area contributed by atoms with Gasteiger partial charge in [-0.05, 0) is 17.9 Å². The number of aromatic nitrogens is 1. The molecule has 0 bridgehead atoms. The number of nitrogens with zero attached hydrogens (tertiary/aromatic N) is 1. The van der Waals surface area contributed by atoms with E-state index in [2.05, 4.69) is 43.1 Å². The highest BCUT2D eigenvalue weighted by Gasteiger charge is 2.05. The van der Waals surface area contributed by atoms with Crippen molar-refractivity contribution < 1.29 is 4.74 Å². The summed E-state index contributed by atoms with van der Waals surface area (Å²) in [5, 5.41) is 2.94. The minimum Gasteiger partial charge on any atom is -0.480 e. The monoisotopic (exact) mass is 247 g/mol. The van der Waals surface area contributed by atoms with Crippen LogP contribution in [0.3, 0.4) is 0 Å². The van der Waals surface area contributed by atoms with Gasteiger partial charge in [-0.25, -0.2) is 4.98 Å². The van der Waals surface area contributed by atoms with Crippen molar-refractivity contribution in [1.29, 1.82) is 0 Å². The van der Waals surface area contributed by atoms with Gasteiger partial charge in [-0.3, -0.25) is 0 Å². The van der Waals surface area contributed by atoms with Crippen LogP contribution in [-0.2, 0) is 6.42 Å². The molecule has 3 heteroatoms. The molecule has 1 heterocycles. The third-order valence-electron chi connectivity index (χ3n) is 2.54. The minimum atomic E-state index is 0.691. The summed E-state index contributed by atoms with van der Waals surface area (Å²) in [5.41, 5.74) is 2.54. The maximum Gasteiger partial charge on any atom is 0.224 e. The Balaban J connectivity index is 2.17. The molecule has 0 saturated carbocycles. The lowest BCUT2D eigenvalue weighted by atomic mass is 10.0. The van der Waals surface area contributed by atoms with Crippen molar-refractivity contribution in [3.8, 4) is 16.5 Å². The largest absolute Gasteiger partial charge is 0.480 e. The summed E-state index contributed by atoms with van der Waals surface area (Å²) in [4.78, 5) is 4.39. The summed E-state index contributed by atoms with van der Waals surface area (Å²) in [6.07, 6.45) is 1.13. The fourth-order valence-corrected chi connectivity index (χ4v) is 2.52. The minimum absolute atomic E-state index is 0.691. The number of hydrogen-bond acceptors (Lipinski definition) is 3. The zero-order valence-corrected chi connectivity index (χ0v) is 11.3. The average Bonchev–Trinajstić information content (AvgIpc) is 2.78. The van der Waals surface area contributed by atoms with E-state index >= 15 is 0 Å². The van der Waals surface area contributed by atoms with Crippen LogP contribution in [-0.4, -0.2) is 12.1 Å². The first-order valence-corrected chi connectivity index (χ1v) is 6.66. The van der Waals surface area contributed by atoms with Crippen LogP contribution < -0.4 is 4.74 Å². The summed E-state index contributed by atoms with van der Waals surface area (Å²) in [6.45, 7) is 4.47. The van der Waals surface area contributed by atoms with Gasteiger partial charge in [-0.1, -0.05) is 38.1 Å². The quantitative estimate of drug-likeness (QED) is 0.814. The maximum absolute atomic E-state index is 5.09. The first kappa shape index (κ1) is 12.1. The highest BCUT2D eigenvalue weighted by atomic mass is 32.1. The highest BCUT2D eigenvalue weighted by Crippen LogP contribution is 2.27. The van der Waals surface area contributed by atoms with E-state index < -0.39 is 0 Å². The zero-order valence-electron chi connectivity index (χ0n) is 10.4. The van der Waals surface area contributed by atoms with Gasteiger partial charge >= 0.3 is 0 Å². The number of methoxy groups -OCH3 is 1. The average molecular weight is 247 g/mol. The molecule has 90 valence electrons. The summed E-state index contributed by atoms with van der Waals surface area (Å²) in [5.74, 6) is 1.39. The van der Waals surface area contributed by atoms with E-state index in [9.17, 15) is 0 Å². The van der Waals surface area contributed by atoms with Crippen LogP contribution >= 0.6 is 11.3 Å². The fourth-order valence-electron chi connectivity index (χ4n) is 1.74. The van der Waals surface area contributed by atoms with Crippen molar-refractivity contribution in [3.05, 3.63) is 35.2 Å². The Bertz CT molecular complexity index is 473. The molecule has 0 spiro atoms. The second-order valence-corrected chi connectivity index (χ2v) is 5.35. The predicted octanol–water partition coefficient (Wildman–Crippen LogP) is 4.02. The van der Waals surface area contributed by atoms with Crippen molar-refractivity contribution in [2.24, 2.45) is 5.92 Å². The first-order chi connectivity index (χ1) is 8.19. The Morgan fingerprint density at radius 1 is 1.24 bits per heavy atom. The van der Waals surface area contributed by atoms with Crippen LogP contribution in [0.2, 0.25) is 0 Å². The normalized spacial score (nSPS) is 10.8. The molecule has 1 aromatic heterocycles. The standard InChI is InChI=1S/C14H17NOS/c1-10(2)8-11-4-6-12(7-5-11)14-15-13(16-3)9-17-14/h4-7,9-10H,8H2,1-3H3. The topological polar surface area (TPSA) is 22.1 Å². The smallest absolute Gasteiger partial charge is 0.224 e. The lowest BCUT2D eigenvalue weighted by Gasteiger charge is -2.05. The molecule has 2 nitrogen and oxygen atoms in total. The van der Waals surface area contributed by atoms with Crippen LogP contribution in [0.1, 0.15) is 19.4 Å². The summed E-state index contributed by atoms with van der Waals surface area (Å²) in [6, 6.07) is 8.64. The number of thiazole rings is 1. The van der Waals surface area contributed by atoms with Gasteiger partial charge in [-0.2, -0.15) is 0 Å². The molecule has 0 aliphatic carbocycles. The Labute approximate surface area is 106 Å². The molecule has 0 saturated heterocycles. The van der Waals surface area contributed by atoms with Gasteiger partial charge in [-0.15, -0.1) is 11.3 Å². The summed E-state index contributed by atoms with van der Waals surface area (Å²) in [7, 11) is 1.64. The maximum atomic E-state index is 5.09. The highest BCUT2D eigenvalue weighted by molar-refractivity contribution is 7.13. The molecule has 1 aromatic carbocycles. The Morgan fingerprint density at radius 3 is 2.47 bits per heavy atom. The molecule has 0 fully saturated rings. The van der Waals surface area contributed by atoms with Gasteiger partial charge in [0, 0.05) is 5.56 Å². The van der Waals surface area contributed by atoms with Gasteiger partial charge in [0.05, 0.1) is 12.5 Å². The molecular formula is C14H17NOS. The van der Waals surface area contributed by atoms with Crippen LogP contribution in [0, 0.1) is 5.92 Å². The molecule has 0 unspecified atom stereocenters. The van der Waals surface area contributed by atoms with Crippen molar-refractivity contribution in [1.82, 2.24) is 4.98 Å². The fraction of sp³-hybridized carbons (Fsp3) is 0.357. The predicted molar refractivity (Wildman–Crippen MR) is 72.6 cm³/mol. The van der Waals surface area contributed by atoms with E-state index in [1.54, 1.807) is 18.4 Å².